The van der Waals surface area contributed by atoms with Crippen molar-refractivity contribution in [3.63, 3.8) is 0 Å². The molecule has 22 heavy (non-hydrogen) atoms. The number of hydrogen-bond acceptors (Lipinski definition) is 5. The fourth-order valence-corrected chi connectivity index (χ4v) is 3.01. The number of aliphatic carboxylic acids is 1. The fourth-order valence-electron chi connectivity index (χ4n) is 3.01. The molecule has 1 aliphatic rings. The number of amides is 1. The molecule has 3 rings (SSSR count). The summed E-state index contributed by atoms with van der Waals surface area (Å²) in [4.78, 5) is 26.0. The van der Waals surface area contributed by atoms with E-state index in [2.05, 4.69) is 15.5 Å². The van der Waals surface area contributed by atoms with Gasteiger partial charge in [-0.15, -0.1) is 5.10 Å². The summed E-state index contributed by atoms with van der Waals surface area (Å²) in [6, 6.07) is 5.07. The van der Waals surface area contributed by atoms with Crippen LogP contribution in [0.3, 0.4) is 0 Å². The van der Waals surface area contributed by atoms with E-state index >= 15 is 0 Å². The van der Waals surface area contributed by atoms with Gasteiger partial charge >= 0.3 is 5.97 Å². The summed E-state index contributed by atoms with van der Waals surface area (Å²) in [6.07, 6.45) is 1.77. The first-order valence-electron chi connectivity index (χ1n) is 7.27. The van der Waals surface area contributed by atoms with Crippen LogP contribution < -0.4 is 0 Å². The zero-order valence-corrected chi connectivity index (χ0v) is 12.3. The van der Waals surface area contributed by atoms with Gasteiger partial charge in [0.05, 0.1) is 5.41 Å². The van der Waals surface area contributed by atoms with Crippen molar-refractivity contribution in [3.8, 4) is 0 Å². The molecular formula is C14H17N5O3. The number of hydrogen-bond donors (Lipinski definition) is 1. The highest BCUT2D eigenvalue weighted by Gasteiger charge is 2.42. The van der Waals surface area contributed by atoms with E-state index in [4.69, 9.17) is 0 Å². The molecule has 0 aromatic carbocycles. The number of aromatic nitrogens is 4. The topological polar surface area (TPSA) is 101 Å². The summed E-state index contributed by atoms with van der Waals surface area (Å²) in [5, 5.41) is 20.7. The van der Waals surface area contributed by atoms with Gasteiger partial charge in [-0.05, 0) is 41.8 Å². The van der Waals surface area contributed by atoms with Gasteiger partial charge in [-0.3, -0.25) is 9.59 Å². The van der Waals surface area contributed by atoms with Gasteiger partial charge in [0.1, 0.15) is 5.69 Å². The van der Waals surface area contributed by atoms with Crippen LogP contribution >= 0.6 is 0 Å². The van der Waals surface area contributed by atoms with E-state index in [9.17, 15) is 14.7 Å². The van der Waals surface area contributed by atoms with E-state index in [-0.39, 0.29) is 12.5 Å². The Morgan fingerprint density at radius 1 is 1.41 bits per heavy atom. The van der Waals surface area contributed by atoms with Gasteiger partial charge in [0, 0.05) is 13.1 Å². The zero-order valence-electron chi connectivity index (χ0n) is 12.3. The Labute approximate surface area is 126 Å². The van der Waals surface area contributed by atoms with Gasteiger partial charge in [0.2, 0.25) is 0 Å². The summed E-state index contributed by atoms with van der Waals surface area (Å²) in [7, 11) is 0. The third-order valence-corrected chi connectivity index (χ3v) is 4.43. The Morgan fingerprint density at radius 2 is 2.23 bits per heavy atom. The number of nitrogens with zero attached hydrogens (tertiary/aromatic N) is 5. The predicted octanol–water partition coefficient (Wildman–Crippen LogP) is 0.841. The molecule has 1 fully saturated rings. The zero-order chi connectivity index (χ0) is 15.7. The maximum absolute atomic E-state index is 12.8. The molecule has 2 aromatic heterocycles. The molecular weight excluding hydrogens is 286 g/mol. The van der Waals surface area contributed by atoms with Gasteiger partial charge in [0.25, 0.3) is 5.91 Å². The summed E-state index contributed by atoms with van der Waals surface area (Å²) in [5.41, 5.74) is -0.0229. The smallest absolute Gasteiger partial charge is 0.311 e. The van der Waals surface area contributed by atoms with Crippen LogP contribution in [-0.2, 0) is 4.79 Å². The lowest BCUT2D eigenvalue weighted by Gasteiger charge is -2.39. The number of rotatable bonds is 3. The van der Waals surface area contributed by atoms with Crippen LogP contribution in [0.2, 0.25) is 0 Å². The summed E-state index contributed by atoms with van der Waals surface area (Å²) in [5.74, 6) is -1.08. The largest absolute Gasteiger partial charge is 0.481 e. The maximum atomic E-state index is 12.8. The molecule has 0 saturated carbocycles. The fraction of sp³-hybridized carbons (Fsp3) is 0.500. The van der Waals surface area contributed by atoms with Gasteiger partial charge in [0.15, 0.2) is 5.65 Å². The average Bonchev–Trinajstić information content (AvgIpc) is 3.02. The third kappa shape index (κ3) is 2.20. The van der Waals surface area contributed by atoms with Crippen LogP contribution in [-0.4, -0.2) is 55.0 Å². The van der Waals surface area contributed by atoms with Crippen LogP contribution in [0.15, 0.2) is 18.2 Å². The number of carbonyl (C=O) groups is 2. The van der Waals surface area contributed by atoms with Crippen molar-refractivity contribution in [3.05, 3.63) is 23.9 Å². The predicted molar refractivity (Wildman–Crippen MR) is 76.3 cm³/mol. The van der Waals surface area contributed by atoms with E-state index in [1.807, 2.05) is 6.92 Å². The van der Waals surface area contributed by atoms with Gasteiger partial charge < -0.3 is 10.0 Å². The molecule has 1 amide bonds. The number of piperidine rings is 1. The molecule has 3 heterocycles. The molecule has 0 bridgehead atoms. The van der Waals surface area contributed by atoms with Crippen LogP contribution in [0.5, 0.6) is 0 Å². The number of fused-ring (bicyclic) bond motifs is 1. The second kappa shape index (κ2) is 5.36. The van der Waals surface area contributed by atoms with E-state index in [1.54, 1.807) is 23.1 Å². The Hall–Kier alpha value is -2.51. The molecule has 2 aromatic rings. The third-order valence-electron chi connectivity index (χ3n) is 4.43. The summed E-state index contributed by atoms with van der Waals surface area (Å²) < 4.78 is 1.38. The second-order valence-corrected chi connectivity index (χ2v) is 5.63. The monoisotopic (exact) mass is 303 g/mol. The number of carboxylic acids is 1. The van der Waals surface area contributed by atoms with Gasteiger partial charge in [-0.2, -0.15) is 4.52 Å². The van der Waals surface area contributed by atoms with Crippen molar-refractivity contribution < 1.29 is 14.7 Å². The standard InChI is InChI=1S/C14H17N5O3/c1-2-14(13(21)22)7-4-8-18(9-14)12(20)10-5-3-6-11-15-16-17-19(10)11/h3,5-6H,2,4,7-9H2,1H3,(H,21,22)/t14-/m0/s1. The summed E-state index contributed by atoms with van der Waals surface area (Å²) >= 11 is 0. The van der Waals surface area contributed by atoms with E-state index in [0.717, 1.165) is 0 Å². The molecule has 0 aliphatic carbocycles. The van der Waals surface area contributed by atoms with Crippen LogP contribution in [0.25, 0.3) is 5.65 Å². The lowest BCUT2D eigenvalue weighted by Crippen LogP contribution is -2.50. The minimum atomic E-state index is -0.859. The van der Waals surface area contributed by atoms with Crippen molar-refractivity contribution in [2.75, 3.05) is 13.1 Å². The molecule has 116 valence electrons. The maximum Gasteiger partial charge on any atom is 0.311 e. The minimum Gasteiger partial charge on any atom is -0.481 e. The number of tetrazole rings is 1. The molecule has 0 unspecified atom stereocenters. The highest BCUT2D eigenvalue weighted by molar-refractivity contribution is 5.93. The van der Waals surface area contributed by atoms with Crippen LogP contribution in [0.1, 0.15) is 36.7 Å². The molecule has 1 saturated heterocycles. The molecule has 0 radical (unpaired) electrons. The Balaban J connectivity index is 1.92. The number of pyridine rings is 1. The van der Waals surface area contributed by atoms with E-state index in [1.165, 1.54) is 4.52 Å². The Morgan fingerprint density at radius 3 is 2.95 bits per heavy atom. The number of carbonyl (C=O) groups excluding carboxylic acids is 1. The van der Waals surface area contributed by atoms with Crippen LogP contribution in [0, 0.1) is 5.41 Å². The highest BCUT2D eigenvalue weighted by atomic mass is 16.4. The van der Waals surface area contributed by atoms with E-state index in [0.29, 0.717) is 37.1 Å². The van der Waals surface area contributed by atoms with Gasteiger partial charge in [-0.25, -0.2) is 0 Å². The molecule has 1 aliphatic heterocycles. The molecule has 1 atom stereocenters. The molecule has 1 N–H and O–H groups in total. The van der Waals surface area contributed by atoms with Crippen LogP contribution in [0.4, 0.5) is 0 Å². The lowest BCUT2D eigenvalue weighted by atomic mass is 9.77. The number of carboxylic acid groups (broad SMARTS) is 1. The minimum absolute atomic E-state index is 0.218. The molecule has 8 heteroatoms. The van der Waals surface area contributed by atoms with Crippen molar-refractivity contribution >= 4 is 17.5 Å². The number of likely N-dealkylation sites (tertiary alicyclic amines) is 1. The quantitative estimate of drug-likeness (QED) is 0.901. The molecule has 0 spiro atoms. The van der Waals surface area contributed by atoms with Crippen molar-refractivity contribution in [1.82, 2.24) is 24.9 Å². The first-order chi connectivity index (χ1) is 10.6. The summed E-state index contributed by atoms with van der Waals surface area (Å²) in [6.45, 7) is 2.62. The Bertz CT molecular complexity index is 728. The first kappa shape index (κ1) is 14.4. The SMILES string of the molecule is CC[C@]1(C(=O)O)CCCN(C(=O)c2cccc3nnnn23)C1. The lowest BCUT2D eigenvalue weighted by molar-refractivity contribution is -0.152. The van der Waals surface area contributed by atoms with Gasteiger partial charge in [-0.1, -0.05) is 13.0 Å². The Kier molecular flexibility index (Phi) is 3.51. The van der Waals surface area contributed by atoms with Crippen molar-refractivity contribution in [2.45, 2.75) is 26.2 Å². The highest BCUT2D eigenvalue weighted by Crippen LogP contribution is 2.34. The average molecular weight is 303 g/mol. The first-order valence-corrected chi connectivity index (χ1v) is 7.27. The normalized spacial score (nSPS) is 22.0. The second-order valence-electron chi connectivity index (χ2n) is 5.63. The molecule has 8 nitrogen and oxygen atoms in total. The van der Waals surface area contributed by atoms with E-state index < -0.39 is 11.4 Å². The van der Waals surface area contributed by atoms with Crippen molar-refractivity contribution in [1.29, 1.82) is 0 Å². The van der Waals surface area contributed by atoms with Crippen molar-refractivity contribution in [2.24, 2.45) is 5.41 Å².